The van der Waals surface area contributed by atoms with Gasteiger partial charge in [-0.3, -0.25) is 4.79 Å². The van der Waals surface area contributed by atoms with Gasteiger partial charge in [-0.15, -0.1) is 11.8 Å². The predicted molar refractivity (Wildman–Crippen MR) is 72.3 cm³/mol. The molecular weight excluding hydrogens is 268 g/mol. The number of rotatable bonds is 3. The molecule has 19 heavy (non-hydrogen) atoms. The molecule has 102 valence electrons. The Bertz CT molecular complexity index is 520. The number of benzene rings is 1. The number of hydrogen-bond acceptors (Lipinski definition) is 5. The Kier molecular flexibility index (Phi) is 3.84. The largest absolute Gasteiger partial charge is 0.497 e. The number of amides is 1. The Balaban J connectivity index is 2.31. The lowest BCUT2D eigenvalue weighted by Crippen LogP contribution is -2.42. The highest BCUT2D eigenvalue weighted by Crippen LogP contribution is 2.27. The number of carboxylic acid groups (broad SMARTS) is 1. The van der Waals surface area contributed by atoms with Crippen LogP contribution >= 0.6 is 11.8 Å². The van der Waals surface area contributed by atoms with Gasteiger partial charge in [0.2, 0.25) is 0 Å². The molecule has 0 aliphatic carbocycles. The number of aliphatic carboxylic acids is 1. The Morgan fingerprint density at radius 1 is 1.53 bits per heavy atom. The van der Waals surface area contributed by atoms with Gasteiger partial charge in [-0.1, -0.05) is 0 Å². The van der Waals surface area contributed by atoms with E-state index < -0.39 is 12.0 Å². The van der Waals surface area contributed by atoms with Crippen LogP contribution < -0.4 is 10.5 Å². The van der Waals surface area contributed by atoms with Crippen molar-refractivity contribution in [3.05, 3.63) is 23.8 Å². The number of methoxy groups -OCH3 is 1. The summed E-state index contributed by atoms with van der Waals surface area (Å²) in [7, 11) is 1.49. The molecule has 1 atom stereocenters. The quantitative estimate of drug-likeness (QED) is 0.799. The molecule has 0 radical (unpaired) electrons. The van der Waals surface area contributed by atoms with E-state index >= 15 is 0 Å². The van der Waals surface area contributed by atoms with Gasteiger partial charge in [0.15, 0.2) is 0 Å². The maximum absolute atomic E-state index is 12.4. The van der Waals surface area contributed by atoms with E-state index in [4.69, 9.17) is 15.6 Å². The van der Waals surface area contributed by atoms with Crippen molar-refractivity contribution in [2.75, 3.05) is 24.5 Å². The molecule has 3 N–H and O–H groups in total. The molecule has 1 aliphatic heterocycles. The van der Waals surface area contributed by atoms with Crippen LogP contribution in [0.3, 0.4) is 0 Å². The number of carboxylic acids is 1. The van der Waals surface area contributed by atoms with E-state index in [9.17, 15) is 9.59 Å². The summed E-state index contributed by atoms with van der Waals surface area (Å²) >= 11 is 1.41. The number of thioether (sulfide) groups is 1. The van der Waals surface area contributed by atoms with Gasteiger partial charge in [-0.25, -0.2) is 4.79 Å². The lowest BCUT2D eigenvalue weighted by atomic mass is 10.1. The van der Waals surface area contributed by atoms with Crippen LogP contribution in [0.4, 0.5) is 5.69 Å². The van der Waals surface area contributed by atoms with Crippen molar-refractivity contribution >= 4 is 29.3 Å². The van der Waals surface area contributed by atoms with Crippen LogP contribution in [0.5, 0.6) is 5.75 Å². The highest BCUT2D eigenvalue weighted by atomic mass is 32.2. The van der Waals surface area contributed by atoms with Gasteiger partial charge in [-0.05, 0) is 18.2 Å². The first-order valence-corrected chi connectivity index (χ1v) is 6.75. The molecule has 1 aromatic rings. The standard InChI is InChI=1S/C12H14N2O4S/c1-18-7-2-3-9(13)8(4-7)11(15)14-6-19-5-10(14)12(16)17/h2-4,10H,5-6,13H2,1H3,(H,16,17). The van der Waals surface area contributed by atoms with Gasteiger partial charge in [0.1, 0.15) is 11.8 Å². The molecule has 1 unspecified atom stereocenters. The molecule has 0 bridgehead atoms. The third-order valence-electron chi connectivity index (χ3n) is 2.92. The average Bonchev–Trinajstić information content (AvgIpc) is 2.88. The minimum absolute atomic E-state index is 0.271. The summed E-state index contributed by atoms with van der Waals surface area (Å²) in [5.74, 6) is -0.123. The molecule has 2 rings (SSSR count). The zero-order chi connectivity index (χ0) is 14.0. The second-order valence-electron chi connectivity index (χ2n) is 4.08. The molecule has 0 spiro atoms. The topological polar surface area (TPSA) is 92.9 Å². The molecular formula is C12H14N2O4S. The van der Waals surface area contributed by atoms with Crippen molar-refractivity contribution < 1.29 is 19.4 Å². The molecule has 1 heterocycles. The fourth-order valence-corrected chi connectivity index (χ4v) is 2.99. The fourth-order valence-electron chi connectivity index (χ4n) is 1.85. The molecule has 7 heteroatoms. The van der Waals surface area contributed by atoms with E-state index in [1.807, 2.05) is 0 Å². The second kappa shape index (κ2) is 5.40. The maximum atomic E-state index is 12.4. The lowest BCUT2D eigenvalue weighted by molar-refractivity contribution is -0.140. The highest BCUT2D eigenvalue weighted by molar-refractivity contribution is 7.99. The van der Waals surface area contributed by atoms with Crippen LogP contribution in [-0.4, -0.2) is 46.7 Å². The molecule has 1 amide bonds. The van der Waals surface area contributed by atoms with Crippen LogP contribution in [0.25, 0.3) is 0 Å². The van der Waals surface area contributed by atoms with Crippen LogP contribution in [0.15, 0.2) is 18.2 Å². The summed E-state index contributed by atoms with van der Waals surface area (Å²) in [6, 6.07) is 3.95. The van der Waals surface area contributed by atoms with Gasteiger partial charge in [-0.2, -0.15) is 0 Å². The fraction of sp³-hybridized carbons (Fsp3) is 0.333. The Hall–Kier alpha value is -1.89. The number of hydrogen-bond donors (Lipinski definition) is 2. The number of ether oxygens (including phenoxy) is 1. The van der Waals surface area contributed by atoms with Crippen molar-refractivity contribution in [1.29, 1.82) is 0 Å². The van der Waals surface area contributed by atoms with E-state index in [2.05, 4.69) is 0 Å². The van der Waals surface area contributed by atoms with Crippen molar-refractivity contribution in [2.45, 2.75) is 6.04 Å². The van der Waals surface area contributed by atoms with E-state index in [0.717, 1.165) is 0 Å². The molecule has 1 aromatic carbocycles. The van der Waals surface area contributed by atoms with Gasteiger partial charge in [0.25, 0.3) is 5.91 Å². The van der Waals surface area contributed by atoms with Gasteiger partial charge < -0.3 is 20.5 Å². The van der Waals surface area contributed by atoms with Gasteiger partial charge in [0, 0.05) is 11.4 Å². The summed E-state index contributed by atoms with van der Waals surface area (Å²) in [4.78, 5) is 24.8. The van der Waals surface area contributed by atoms with Gasteiger partial charge >= 0.3 is 5.97 Å². The smallest absolute Gasteiger partial charge is 0.327 e. The van der Waals surface area contributed by atoms with Gasteiger partial charge in [0.05, 0.1) is 18.6 Å². The summed E-state index contributed by atoms with van der Waals surface area (Å²) in [6.07, 6.45) is 0. The highest BCUT2D eigenvalue weighted by Gasteiger charge is 2.35. The predicted octanol–water partition coefficient (Wildman–Crippen LogP) is 0.877. The maximum Gasteiger partial charge on any atom is 0.327 e. The van der Waals surface area contributed by atoms with E-state index in [1.165, 1.54) is 29.8 Å². The number of nitrogens with zero attached hydrogens (tertiary/aromatic N) is 1. The Morgan fingerprint density at radius 2 is 2.26 bits per heavy atom. The summed E-state index contributed by atoms with van der Waals surface area (Å²) < 4.78 is 5.05. The van der Waals surface area contributed by atoms with Crippen LogP contribution in [0, 0.1) is 0 Å². The molecule has 1 aliphatic rings. The lowest BCUT2D eigenvalue weighted by Gasteiger charge is -2.21. The zero-order valence-electron chi connectivity index (χ0n) is 10.3. The Morgan fingerprint density at radius 3 is 2.89 bits per heavy atom. The monoisotopic (exact) mass is 282 g/mol. The van der Waals surface area contributed by atoms with Crippen molar-refractivity contribution in [1.82, 2.24) is 4.90 Å². The van der Waals surface area contributed by atoms with E-state index in [-0.39, 0.29) is 11.5 Å². The first kappa shape index (κ1) is 13.5. The minimum Gasteiger partial charge on any atom is -0.497 e. The van der Waals surface area contributed by atoms with Crippen LogP contribution in [-0.2, 0) is 4.79 Å². The van der Waals surface area contributed by atoms with Crippen LogP contribution in [0.2, 0.25) is 0 Å². The first-order valence-electron chi connectivity index (χ1n) is 5.59. The summed E-state index contributed by atoms with van der Waals surface area (Å²) in [5.41, 5.74) is 6.36. The SMILES string of the molecule is COc1ccc(N)c(C(=O)N2CSCC2C(=O)O)c1. The first-order chi connectivity index (χ1) is 9.04. The number of anilines is 1. The minimum atomic E-state index is -1.00. The molecule has 6 nitrogen and oxygen atoms in total. The van der Waals surface area contributed by atoms with E-state index in [0.29, 0.717) is 23.1 Å². The number of carbonyl (C=O) groups excluding carboxylic acids is 1. The number of nitrogen functional groups attached to an aromatic ring is 1. The molecule has 1 saturated heterocycles. The second-order valence-corrected chi connectivity index (χ2v) is 5.08. The van der Waals surface area contributed by atoms with E-state index in [1.54, 1.807) is 12.1 Å². The summed E-state index contributed by atoms with van der Waals surface area (Å²) in [5, 5.41) is 9.09. The van der Waals surface area contributed by atoms with Crippen molar-refractivity contribution in [2.24, 2.45) is 0 Å². The molecule has 0 aromatic heterocycles. The molecule has 1 fully saturated rings. The van der Waals surface area contributed by atoms with Crippen LogP contribution in [0.1, 0.15) is 10.4 Å². The molecule has 0 saturated carbocycles. The third kappa shape index (κ3) is 2.60. The zero-order valence-corrected chi connectivity index (χ0v) is 11.1. The Labute approximate surface area is 114 Å². The van der Waals surface area contributed by atoms with Crippen molar-refractivity contribution in [3.63, 3.8) is 0 Å². The van der Waals surface area contributed by atoms with Crippen molar-refractivity contribution in [3.8, 4) is 5.75 Å². The third-order valence-corrected chi connectivity index (χ3v) is 3.93. The normalized spacial score (nSPS) is 18.4. The summed E-state index contributed by atoms with van der Waals surface area (Å²) in [6.45, 7) is 0. The number of carbonyl (C=O) groups is 2. The average molecular weight is 282 g/mol. The number of nitrogens with two attached hydrogens (primary N) is 1.